The molecule has 1 amide bonds. The van der Waals surface area contributed by atoms with Gasteiger partial charge in [-0.3, -0.25) is 4.79 Å². The molecule has 0 aromatic heterocycles. The van der Waals surface area contributed by atoms with Gasteiger partial charge in [0.2, 0.25) is 5.91 Å². The zero-order chi connectivity index (χ0) is 14.4. The van der Waals surface area contributed by atoms with Gasteiger partial charge in [-0.25, -0.2) is 0 Å². The van der Waals surface area contributed by atoms with Gasteiger partial charge in [-0.1, -0.05) is 0 Å². The van der Waals surface area contributed by atoms with Crippen LogP contribution in [0.5, 0.6) is 0 Å². The molecule has 5 nitrogen and oxygen atoms in total. The zero-order valence-corrected chi connectivity index (χ0v) is 12.8. The van der Waals surface area contributed by atoms with Crippen molar-refractivity contribution in [3.63, 3.8) is 0 Å². The summed E-state index contributed by atoms with van der Waals surface area (Å²) in [5.41, 5.74) is 0. The summed E-state index contributed by atoms with van der Waals surface area (Å²) >= 11 is 0. The molecule has 0 bridgehead atoms. The summed E-state index contributed by atoms with van der Waals surface area (Å²) in [6.45, 7) is 8.57. The number of nitrogens with one attached hydrogen (secondary N) is 1. The lowest BCUT2D eigenvalue weighted by Gasteiger charge is -2.41. The minimum atomic E-state index is -0.0752. The van der Waals surface area contributed by atoms with Crippen molar-refractivity contribution in [2.24, 2.45) is 5.92 Å². The zero-order valence-electron chi connectivity index (χ0n) is 12.8. The van der Waals surface area contributed by atoms with E-state index in [9.17, 15) is 4.79 Å². The van der Waals surface area contributed by atoms with E-state index in [1.807, 2.05) is 13.8 Å². The van der Waals surface area contributed by atoms with E-state index in [4.69, 9.17) is 9.47 Å². The molecule has 0 aliphatic carbocycles. The smallest absolute Gasteiger partial charge is 0.220 e. The van der Waals surface area contributed by atoms with E-state index in [0.29, 0.717) is 31.6 Å². The summed E-state index contributed by atoms with van der Waals surface area (Å²) in [7, 11) is 0. The summed E-state index contributed by atoms with van der Waals surface area (Å²) in [6, 6.07) is 0.405. The van der Waals surface area contributed by atoms with Crippen LogP contribution in [0.2, 0.25) is 0 Å². The number of ether oxygens (including phenoxy) is 2. The predicted molar refractivity (Wildman–Crippen MR) is 77.4 cm³/mol. The number of carbonyl (C=O) groups is 1. The molecule has 0 saturated carbocycles. The topological polar surface area (TPSA) is 50.8 Å². The highest BCUT2D eigenvalue weighted by molar-refractivity contribution is 5.77. The number of likely N-dealkylation sites (tertiary alicyclic amines) is 1. The summed E-state index contributed by atoms with van der Waals surface area (Å²) in [4.78, 5) is 13.9. The van der Waals surface area contributed by atoms with Gasteiger partial charge < -0.3 is 19.7 Å². The van der Waals surface area contributed by atoms with Crippen LogP contribution >= 0.6 is 0 Å². The fourth-order valence-electron chi connectivity index (χ4n) is 3.26. The van der Waals surface area contributed by atoms with Crippen LogP contribution in [0.3, 0.4) is 0 Å². The Morgan fingerprint density at radius 2 is 2.05 bits per heavy atom. The number of piperidine rings is 2. The van der Waals surface area contributed by atoms with Gasteiger partial charge in [0.05, 0.1) is 0 Å². The molecule has 5 heteroatoms. The lowest BCUT2D eigenvalue weighted by atomic mass is 9.85. The molecule has 0 spiro atoms. The number of carbonyl (C=O) groups excluding carboxylic acids is 1. The predicted octanol–water partition coefficient (Wildman–Crippen LogP) is 1.38. The van der Waals surface area contributed by atoms with Crippen molar-refractivity contribution in [2.75, 3.05) is 32.8 Å². The largest absolute Gasteiger partial charge is 0.353 e. The highest BCUT2D eigenvalue weighted by atomic mass is 16.7. The molecular formula is C15H28N2O3. The molecule has 0 aromatic rings. The van der Waals surface area contributed by atoms with Gasteiger partial charge in [0.15, 0.2) is 6.29 Å². The lowest BCUT2D eigenvalue weighted by Crippen LogP contribution is -2.54. The average molecular weight is 284 g/mol. The lowest BCUT2D eigenvalue weighted by molar-refractivity contribution is -0.142. The van der Waals surface area contributed by atoms with Crippen molar-refractivity contribution in [3.05, 3.63) is 0 Å². The van der Waals surface area contributed by atoms with Crippen LogP contribution in [0.15, 0.2) is 0 Å². The highest BCUT2D eigenvalue weighted by Crippen LogP contribution is 2.25. The third-order valence-corrected chi connectivity index (χ3v) is 4.29. The maximum atomic E-state index is 11.4. The Labute approximate surface area is 122 Å². The summed E-state index contributed by atoms with van der Waals surface area (Å²) in [6.07, 6.45) is 3.65. The first kappa shape index (κ1) is 15.7. The van der Waals surface area contributed by atoms with Gasteiger partial charge in [0.1, 0.15) is 0 Å². The maximum absolute atomic E-state index is 11.4. The van der Waals surface area contributed by atoms with E-state index < -0.39 is 0 Å². The molecule has 2 heterocycles. The fraction of sp³-hybridized carbons (Fsp3) is 0.933. The van der Waals surface area contributed by atoms with Crippen molar-refractivity contribution in [2.45, 2.75) is 51.9 Å². The van der Waals surface area contributed by atoms with Gasteiger partial charge in [-0.2, -0.15) is 0 Å². The van der Waals surface area contributed by atoms with Crippen molar-refractivity contribution < 1.29 is 14.3 Å². The molecule has 0 aromatic carbocycles. The van der Waals surface area contributed by atoms with Crippen molar-refractivity contribution >= 4 is 5.91 Å². The second kappa shape index (κ2) is 7.96. The molecule has 2 aliphatic heterocycles. The highest BCUT2D eigenvalue weighted by Gasteiger charge is 2.33. The van der Waals surface area contributed by atoms with Crippen molar-refractivity contribution in [3.8, 4) is 0 Å². The van der Waals surface area contributed by atoms with E-state index in [-0.39, 0.29) is 12.2 Å². The summed E-state index contributed by atoms with van der Waals surface area (Å²) in [5.74, 6) is 0.853. The molecule has 2 rings (SSSR count). The Bertz CT molecular complexity index is 305. The summed E-state index contributed by atoms with van der Waals surface area (Å²) < 4.78 is 11.2. The number of hydrogen-bond donors (Lipinski definition) is 1. The van der Waals surface area contributed by atoms with Gasteiger partial charge in [0.25, 0.3) is 0 Å². The van der Waals surface area contributed by atoms with Crippen LogP contribution in [0.25, 0.3) is 0 Å². The van der Waals surface area contributed by atoms with Gasteiger partial charge in [0, 0.05) is 51.7 Å². The van der Waals surface area contributed by atoms with Crippen molar-refractivity contribution in [1.29, 1.82) is 0 Å². The minimum absolute atomic E-state index is 0.0752. The third kappa shape index (κ3) is 4.43. The molecule has 0 radical (unpaired) electrons. The normalized spacial score (nSPS) is 27.4. The van der Waals surface area contributed by atoms with E-state index in [2.05, 4.69) is 10.2 Å². The number of fused-ring (bicyclic) bond motifs is 1. The molecule has 1 N–H and O–H groups in total. The maximum Gasteiger partial charge on any atom is 0.220 e. The molecule has 2 saturated heterocycles. The first-order valence-electron chi connectivity index (χ1n) is 7.97. The van der Waals surface area contributed by atoms with Crippen molar-refractivity contribution in [1.82, 2.24) is 10.2 Å². The second-order valence-electron chi connectivity index (χ2n) is 5.69. The Kier molecular flexibility index (Phi) is 6.26. The van der Waals surface area contributed by atoms with Gasteiger partial charge in [-0.15, -0.1) is 0 Å². The molecular weight excluding hydrogens is 256 g/mol. The van der Waals surface area contributed by atoms with Crippen LogP contribution < -0.4 is 5.32 Å². The number of nitrogens with zero attached hydrogens (tertiary/aromatic N) is 1. The standard InChI is InChI=1S/C15H28N2O3/c1-3-19-15(20-4-2)8-10-17-9-7-13-12(11-17)5-6-14(18)16-13/h12-13,15H,3-11H2,1-2H3,(H,16,18). The average Bonchev–Trinajstić information content (AvgIpc) is 2.45. The third-order valence-electron chi connectivity index (χ3n) is 4.29. The summed E-state index contributed by atoms with van der Waals surface area (Å²) in [5, 5.41) is 3.13. The molecule has 2 aliphatic rings. The monoisotopic (exact) mass is 284 g/mol. The number of amides is 1. The van der Waals surface area contributed by atoms with E-state index in [0.717, 1.165) is 38.9 Å². The van der Waals surface area contributed by atoms with E-state index >= 15 is 0 Å². The van der Waals surface area contributed by atoms with E-state index in [1.54, 1.807) is 0 Å². The van der Waals surface area contributed by atoms with Crippen LogP contribution in [0, 0.1) is 5.92 Å². The Morgan fingerprint density at radius 1 is 1.30 bits per heavy atom. The van der Waals surface area contributed by atoms with Crippen LogP contribution in [-0.4, -0.2) is 56.0 Å². The van der Waals surface area contributed by atoms with E-state index in [1.165, 1.54) is 0 Å². The first-order chi connectivity index (χ1) is 9.72. The van der Waals surface area contributed by atoms with Gasteiger partial charge >= 0.3 is 0 Å². The second-order valence-corrected chi connectivity index (χ2v) is 5.69. The SMILES string of the molecule is CCOC(CCN1CCC2NC(=O)CCC2C1)OCC. The van der Waals surface area contributed by atoms with Crippen LogP contribution in [0.1, 0.15) is 39.5 Å². The number of hydrogen-bond acceptors (Lipinski definition) is 4. The Hall–Kier alpha value is -0.650. The fourth-order valence-corrected chi connectivity index (χ4v) is 3.26. The molecule has 2 fully saturated rings. The van der Waals surface area contributed by atoms with Crippen LogP contribution in [0.4, 0.5) is 0 Å². The quantitative estimate of drug-likeness (QED) is 0.718. The molecule has 116 valence electrons. The molecule has 2 unspecified atom stereocenters. The van der Waals surface area contributed by atoms with Crippen LogP contribution in [-0.2, 0) is 14.3 Å². The molecule has 2 atom stereocenters. The minimum Gasteiger partial charge on any atom is -0.353 e. The molecule has 20 heavy (non-hydrogen) atoms. The Balaban J connectivity index is 1.73. The van der Waals surface area contributed by atoms with Gasteiger partial charge in [-0.05, 0) is 32.6 Å². The number of rotatable bonds is 7. The first-order valence-corrected chi connectivity index (χ1v) is 7.97. The Morgan fingerprint density at radius 3 is 2.75 bits per heavy atom.